The van der Waals surface area contributed by atoms with Crippen molar-refractivity contribution < 1.29 is 5.11 Å². The van der Waals surface area contributed by atoms with Crippen LogP contribution >= 0.6 is 0 Å². The van der Waals surface area contributed by atoms with E-state index < -0.39 is 0 Å². The quantitative estimate of drug-likeness (QED) is 0.769. The number of benzene rings is 1. The first-order valence-corrected chi connectivity index (χ1v) is 7.36. The van der Waals surface area contributed by atoms with Crippen molar-refractivity contribution in [3.63, 3.8) is 0 Å². The van der Waals surface area contributed by atoms with E-state index in [0.29, 0.717) is 6.04 Å². The highest BCUT2D eigenvalue weighted by molar-refractivity contribution is 5.31. The SMILES string of the molecule is O[C@H]1c2ccccc2CCC[C@H]1N1CCCCC1. The van der Waals surface area contributed by atoms with Gasteiger partial charge < -0.3 is 5.11 Å². The number of fused-ring (bicyclic) bond motifs is 1. The van der Waals surface area contributed by atoms with Crippen LogP contribution in [0.1, 0.15) is 49.3 Å². The zero-order valence-electron chi connectivity index (χ0n) is 11.0. The molecule has 1 saturated heterocycles. The molecule has 3 rings (SSSR count). The third kappa shape index (κ3) is 2.32. The van der Waals surface area contributed by atoms with Crippen LogP contribution in [0, 0.1) is 0 Å². The minimum Gasteiger partial charge on any atom is -0.387 e. The van der Waals surface area contributed by atoms with Crippen LogP contribution in [0.2, 0.25) is 0 Å². The Morgan fingerprint density at radius 1 is 1.00 bits per heavy atom. The van der Waals surface area contributed by atoms with Gasteiger partial charge in [0.2, 0.25) is 0 Å². The molecule has 0 spiro atoms. The molecule has 0 amide bonds. The molecule has 1 aliphatic carbocycles. The fourth-order valence-corrected chi connectivity index (χ4v) is 3.55. The molecule has 0 saturated carbocycles. The van der Waals surface area contributed by atoms with Gasteiger partial charge in [-0.05, 0) is 56.3 Å². The molecule has 1 heterocycles. The number of rotatable bonds is 1. The number of aliphatic hydroxyl groups excluding tert-OH is 1. The lowest BCUT2D eigenvalue weighted by molar-refractivity contribution is 0.0342. The Morgan fingerprint density at radius 3 is 2.61 bits per heavy atom. The zero-order chi connectivity index (χ0) is 12.4. The predicted octanol–water partition coefficient (Wildman–Crippen LogP) is 2.91. The summed E-state index contributed by atoms with van der Waals surface area (Å²) in [6.07, 6.45) is 7.12. The summed E-state index contributed by atoms with van der Waals surface area (Å²) in [5, 5.41) is 10.7. The van der Waals surface area contributed by atoms with Crippen molar-refractivity contribution in [3.05, 3.63) is 35.4 Å². The predicted molar refractivity (Wildman–Crippen MR) is 73.6 cm³/mol. The molecule has 2 heteroatoms. The second-order valence-electron chi connectivity index (χ2n) is 5.70. The van der Waals surface area contributed by atoms with Crippen molar-refractivity contribution >= 4 is 0 Å². The molecule has 1 fully saturated rings. The Morgan fingerprint density at radius 2 is 1.78 bits per heavy atom. The number of aliphatic hydroxyl groups is 1. The maximum Gasteiger partial charge on any atom is 0.0947 e. The first-order valence-electron chi connectivity index (χ1n) is 7.36. The number of aryl methyl sites for hydroxylation is 1. The standard InChI is InChI=1S/C16H23NO/c18-16-14-9-3-2-7-13(14)8-6-10-15(16)17-11-4-1-5-12-17/h2-3,7,9,15-16,18H,1,4-6,8,10-12H2/t15-,16+/m1/s1. The maximum absolute atomic E-state index is 10.7. The normalized spacial score (nSPS) is 29.6. The summed E-state index contributed by atoms with van der Waals surface area (Å²) in [5.41, 5.74) is 2.52. The van der Waals surface area contributed by atoms with Crippen LogP contribution in [0.3, 0.4) is 0 Å². The molecular weight excluding hydrogens is 222 g/mol. The fraction of sp³-hybridized carbons (Fsp3) is 0.625. The van der Waals surface area contributed by atoms with Gasteiger partial charge in [0.15, 0.2) is 0 Å². The van der Waals surface area contributed by atoms with Crippen LogP contribution in [0.25, 0.3) is 0 Å². The van der Waals surface area contributed by atoms with E-state index in [-0.39, 0.29) is 6.10 Å². The van der Waals surface area contributed by atoms with Crippen molar-refractivity contribution in [2.45, 2.75) is 50.7 Å². The minimum absolute atomic E-state index is 0.290. The van der Waals surface area contributed by atoms with E-state index in [1.54, 1.807) is 0 Å². The van der Waals surface area contributed by atoms with Crippen LogP contribution in [0.15, 0.2) is 24.3 Å². The highest BCUT2D eigenvalue weighted by Gasteiger charge is 2.30. The van der Waals surface area contributed by atoms with Crippen molar-refractivity contribution in [1.29, 1.82) is 0 Å². The summed E-state index contributed by atoms with van der Waals surface area (Å²) in [6, 6.07) is 8.78. The molecule has 1 aromatic carbocycles. The number of likely N-dealkylation sites (tertiary alicyclic amines) is 1. The lowest BCUT2D eigenvalue weighted by Gasteiger charge is -2.36. The van der Waals surface area contributed by atoms with Gasteiger partial charge in [-0.15, -0.1) is 0 Å². The van der Waals surface area contributed by atoms with Crippen LogP contribution in [-0.2, 0) is 6.42 Å². The molecule has 2 atom stereocenters. The van der Waals surface area contributed by atoms with E-state index >= 15 is 0 Å². The average Bonchev–Trinajstić information content (AvgIpc) is 2.60. The van der Waals surface area contributed by atoms with Crippen LogP contribution in [0.4, 0.5) is 0 Å². The molecule has 98 valence electrons. The first-order chi connectivity index (χ1) is 8.86. The Balaban J connectivity index is 1.84. The van der Waals surface area contributed by atoms with Crippen molar-refractivity contribution in [2.24, 2.45) is 0 Å². The third-order valence-corrected chi connectivity index (χ3v) is 4.54. The Kier molecular flexibility index (Phi) is 3.67. The molecule has 2 aliphatic rings. The van der Waals surface area contributed by atoms with E-state index in [4.69, 9.17) is 0 Å². The molecule has 18 heavy (non-hydrogen) atoms. The van der Waals surface area contributed by atoms with E-state index in [0.717, 1.165) is 12.8 Å². The van der Waals surface area contributed by atoms with Crippen LogP contribution < -0.4 is 0 Å². The van der Waals surface area contributed by atoms with E-state index in [9.17, 15) is 5.11 Å². The van der Waals surface area contributed by atoms with Gasteiger partial charge in [-0.25, -0.2) is 0 Å². The minimum atomic E-state index is -0.290. The molecule has 0 bridgehead atoms. The van der Waals surface area contributed by atoms with Gasteiger partial charge in [0.1, 0.15) is 0 Å². The van der Waals surface area contributed by atoms with E-state index in [1.807, 2.05) is 0 Å². The number of nitrogens with zero attached hydrogens (tertiary/aromatic N) is 1. The summed E-state index contributed by atoms with van der Waals surface area (Å²) in [4.78, 5) is 2.52. The Hall–Kier alpha value is -0.860. The largest absolute Gasteiger partial charge is 0.387 e. The van der Waals surface area contributed by atoms with Gasteiger partial charge in [0.25, 0.3) is 0 Å². The lowest BCUT2D eigenvalue weighted by atomic mass is 9.96. The fourth-order valence-electron chi connectivity index (χ4n) is 3.55. The second-order valence-corrected chi connectivity index (χ2v) is 5.70. The lowest BCUT2D eigenvalue weighted by Crippen LogP contribution is -2.42. The van der Waals surface area contributed by atoms with Gasteiger partial charge in [0.05, 0.1) is 6.10 Å². The third-order valence-electron chi connectivity index (χ3n) is 4.54. The topological polar surface area (TPSA) is 23.5 Å². The molecule has 2 nitrogen and oxygen atoms in total. The summed E-state index contributed by atoms with van der Waals surface area (Å²) >= 11 is 0. The van der Waals surface area contributed by atoms with Gasteiger partial charge >= 0.3 is 0 Å². The molecule has 0 aromatic heterocycles. The highest BCUT2D eigenvalue weighted by atomic mass is 16.3. The Bertz CT molecular complexity index is 398. The molecule has 0 unspecified atom stereocenters. The number of piperidine rings is 1. The van der Waals surface area contributed by atoms with Gasteiger partial charge in [-0.2, -0.15) is 0 Å². The first kappa shape index (κ1) is 12.2. The molecular formula is C16H23NO. The van der Waals surface area contributed by atoms with E-state index in [2.05, 4.69) is 29.2 Å². The smallest absolute Gasteiger partial charge is 0.0947 e. The summed E-state index contributed by atoms with van der Waals surface area (Å²) in [7, 11) is 0. The maximum atomic E-state index is 10.7. The molecule has 1 aliphatic heterocycles. The van der Waals surface area contributed by atoms with E-state index in [1.165, 1.54) is 49.9 Å². The van der Waals surface area contributed by atoms with Crippen LogP contribution in [-0.4, -0.2) is 29.1 Å². The molecule has 1 aromatic rings. The van der Waals surface area contributed by atoms with Crippen LogP contribution in [0.5, 0.6) is 0 Å². The van der Waals surface area contributed by atoms with Gasteiger partial charge in [0, 0.05) is 6.04 Å². The van der Waals surface area contributed by atoms with Crippen molar-refractivity contribution in [3.8, 4) is 0 Å². The highest BCUT2D eigenvalue weighted by Crippen LogP contribution is 2.32. The second kappa shape index (κ2) is 5.41. The molecule has 1 N–H and O–H groups in total. The summed E-state index contributed by atoms with van der Waals surface area (Å²) < 4.78 is 0. The number of hydrogen-bond donors (Lipinski definition) is 1. The van der Waals surface area contributed by atoms with Crippen molar-refractivity contribution in [1.82, 2.24) is 4.90 Å². The van der Waals surface area contributed by atoms with Gasteiger partial charge in [-0.1, -0.05) is 30.7 Å². The molecule has 0 radical (unpaired) electrons. The average molecular weight is 245 g/mol. The Labute approximate surface area is 110 Å². The summed E-state index contributed by atoms with van der Waals surface area (Å²) in [5.74, 6) is 0. The monoisotopic (exact) mass is 245 g/mol. The van der Waals surface area contributed by atoms with Gasteiger partial charge in [-0.3, -0.25) is 4.90 Å². The summed E-state index contributed by atoms with van der Waals surface area (Å²) in [6.45, 7) is 2.34. The zero-order valence-corrected chi connectivity index (χ0v) is 11.0. The van der Waals surface area contributed by atoms with Crippen molar-refractivity contribution in [2.75, 3.05) is 13.1 Å². The number of hydrogen-bond acceptors (Lipinski definition) is 2.